The zero-order valence-electron chi connectivity index (χ0n) is 12.9. The van der Waals surface area contributed by atoms with Crippen LogP contribution in [0.5, 0.6) is 5.75 Å². The lowest BCUT2D eigenvalue weighted by Crippen LogP contribution is -2.26. The van der Waals surface area contributed by atoms with Crippen molar-refractivity contribution in [1.29, 1.82) is 0 Å². The number of hydrogen-bond donors (Lipinski definition) is 2. The number of nitrogens with one attached hydrogen (secondary N) is 1. The molecule has 1 aromatic rings. The molecule has 1 amide bonds. The molecule has 1 unspecified atom stereocenters. The topological polar surface area (TPSA) is 64.4 Å². The van der Waals surface area contributed by atoms with Gasteiger partial charge >= 0.3 is 6.61 Å². The third kappa shape index (κ3) is 7.36. The minimum atomic E-state index is -2.85. The number of alkyl halides is 2. The number of halogens is 2. The fourth-order valence-corrected chi connectivity index (χ4v) is 2.14. The predicted octanol–water partition coefficient (Wildman–Crippen LogP) is 3.37. The van der Waals surface area contributed by atoms with Crippen LogP contribution in [0.15, 0.2) is 24.3 Å². The monoisotopic (exact) mass is 314 g/mol. The van der Waals surface area contributed by atoms with E-state index in [4.69, 9.17) is 5.73 Å². The first kappa shape index (κ1) is 18.4. The number of hydrogen-bond acceptors (Lipinski definition) is 3. The van der Waals surface area contributed by atoms with E-state index in [1.165, 1.54) is 12.1 Å². The van der Waals surface area contributed by atoms with Crippen molar-refractivity contribution < 1.29 is 18.3 Å². The maximum Gasteiger partial charge on any atom is 0.387 e. The number of ether oxygens (including phenoxy) is 1. The second kappa shape index (κ2) is 10.1. The van der Waals surface area contributed by atoms with Crippen LogP contribution >= 0.6 is 0 Å². The van der Waals surface area contributed by atoms with E-state index in [-0.39, 0.29) is 17.7 Å². The number of unbranched alkanes of at least 4 members (excludes halogenated alkanes) is 3. The van der Waals surface area contributed by atoms with E-state index in [1.54, 1.807) is 12.1 Å². The summed E-state index contributed by atoms with van der Waals surface area (Å²) >= 11 is 0. The largest absolute Gasteiger partial charge is 0.435 e. The molecule has 0 fully saturated rings. The lowest BCUT2D eigenvalue weighted by Gasteiger charge is -2.15. The molecular formula is C16H24F2N2O2. The fourth-order valence-electron chi connectivity index (χ4n) is 2.14. The van der Waals surface area contributed by atoms with Gasteiger partial charge in [-0.05, 0) is 44.0 Å². The van der Waals surface area contributed by atoms with Gasteiger partial charge < -0.3 is 15.8 Å². The third-order valence-corrected chi connectivity index (χ3v) is 3.32. The number of rotatable bonds is 10. The Kier molecular flexibility index (Phi) is 8.43. The lowest BCUT2D eigenvalue weighted by atomic mass is 10.1. The molecule has 0 saturated carbocycles. The molecule has 4 nitrogen and oxygen atoms in total. The summed E-state index contributed by atoms with van der Waals surface area (Å²) in [5, 5.41) is 2.86. The Morgan fingerprint density at radius 1 is 1.27 bits per heavy atom. The SMILES string of the molecule is CC(NC(=O)CCCCCCN)c1cccc(OC(F)F)c1. The predicted molar refractivity (Wildman–Crippen MR) is 81.8 cm³/mol. The molecule has 0 bridgehead atoms. The van der Waals surface area contributed by atoms with Crippen LogP contribution in [0.25, 0.3) is 0 Å². The molecule has 0 saturated heterocycles. The van der Waals surface area contributed by atoms with E-state index in [2.05, 4.69) is 10.1 Å². The molecule has 1 aromatic carbocycles. The van der Waals surface area contributed by atoms with Crippen molar-refractivity contribution in [2.75, 3.05) is 6.54 Å². The first-order valence-electron chi connectivity index (χ1n) is 7.57. The number of benzene rings is 1. The Bertz CT molecular complexity index is 456. The molecule has 0 aliphatic heterocycles. The average Bonchev–Trinajstić information content (AvgIpc) is 2.46. The minimum absolute atomic E-state index is 0.0413. The van der Waals surface area contributed by atoms with Crippen LogP contribution in [0, 0.1) is 0 Å². The van der Waals surface area contributed by atoms with Gasteiger partial charge in [-0.1, -0.05) is 25.0 Å². The van der Waals surface area contributed by atoms with Gasteiger partial charge in [0.05, 0.1) is 6.04 Å². The first-order valence-corrected chi connectivity index (χ1v) is 7.57. The van der Waals surface area contributed by atoms with Gasteiger partial charge in [-0.15, -0.1) is 0 Å². The second-order valence-corrected chi connectivity index (χ2v) is 5.19. The molecule has 0 aliphatic rings. The second-order valence-electron chi connectivity index (χ2n) is 5.19. The summed E-state index contributed by atoms with van der Waals surface area (Å²) < 4.78 is 28.7. The average molecular weight is 314 g/mol. The highest BCUT2D eigenvalue weighted by atomic mass is 19.3. The third-order valence-electron chi connectivity index (χ3n) is 3.32. The quantitative estimate of drug-likeness (QED) is 0.651. The fraction of sp³-hybridized carbons (Fsp3) is 0.562. The highest BCUT2D eigenvalue weighted by Crippen LogP contribution is 2.20. The van der Waals surface area contributed by atoms with Gasteiger partial charge in [0, 0.05) is 6.42 Å². The zero-order valence-corrected chi connectivity index (χ0v) is 12.9. The van der Waals surface area contributed by atoms with Crippen molar-refractivity contribution in [3.63, 3.8) is 0 Å². The summed E-state index contributed by atoms with van der Waals surface area (Å²) in [6.45, 7) is -0.359. The van der Waals surface area contributed by atoms with Crippen LogP contribution in [0.4, 0.5) is 8.78 Å². The van der Waals surface area contributed by atoms with Gasteiger partial charge in [0.1, 0.15) is 5.75 Å². The summed E-state index contributed by atoms with van der Waals surface area (Å²) in [6.07, 6.45) is 4.28. The van der Waals surface area contributed by atoms with Gasteiger partial charge in [0.25, 0.3) is 0 Å². The van der Waals surface area contributed by atoms with Gasteiger partial charge in [-0.25, -0.2) is 0 Å². The molecule has 0 radical (unpaired) electrons. The molecule has 0 aliphatic carbocycles. The Morgan fingerprint density at radius 3 is 2.68 bits per heavy atom. The Morgan fingerprint density at radius 2 is 2.00 bits per heavy atom. The van der Waals surface area contributed by atoms with E-state index < -0.39 is 6.61 Å². The highest BCUT2D eigenvalue weighted by molar-refractivity contribution is 5.76. The van der Waals surface area contributed by atoms with Crippen LogP contribution in [0.2, 0.25) is 0 Å². The van der Waals surface area contributed by atoms with E-state index in [1.807, 2.05) is 6.92 Å². The van der Waals surface area contributed by atoms with Crippen LogP contribution in [0.3, 0.4) is 0 Å². The highest BCUT2D eigenvalue weighted by Gasteiger charge is 2.11. The van der Waals surface area contributed by atoms with Crippen LogP contribution in [-0.2, 0) is 4.79 Å². The molecule has 0 heterocycles. The summed E-state index contributed by atoms with van der Waals surface area (Å²) in [5.41, 5.74) is 6.14. The summed E-state index contributed by atoms with van der Waals surface area (Å²) in [6, 6.07) is 6.12. The maximum atomic E-state index is 12.2. The molecule has 124 valence electrons. The summed E-state index contributed by atoms with van der Waals surface area (Å²) in [4.78, 5) is 11.8. The maximum absolute atomic E-state index is 12.2. The van der Waals surface area contributed by atoms with Crippen LogP contribution < -0.4 is 15.8 Å². The minimum Gasteiger partial charge on any atom is -0.435 e. The van der Waals surface area contributed by atoms with Gasteiger partial charge in [0.15, 0.2) is 0 Å². The zero-order chi connectivity index (χ0) is 16.4. The number of carbonyl (C=O) groups excluding carboxylic acids is 1. The van der Waals surface area contributed by atoms with Crippen molar-refractivity contribution in [1.82, 2.24) is 5.32 Å². The van der Waals surface area contributed by atoms with Crippen molar-refractivity contribution in [2.45, 2.75) is 51.7 Å². The molecule has 0 spiro atoms. The van der Waals surface area contributed by atoms with E-state index in [0.29, 0.717) is 13.0 Å². The lowest BCUT2D eigenvalue weighted by molar-refractivity contribution is -0.121. The van der Waals surface area contributed by atoms with E-state index in [9.17, 15) is 13.6 Å². The molecule has 3 N–H and O–H groups in total. The summed E-state index contributed by atoms with van der Waals surface area (Å²) in [7, 11) is 0. The van der Waals surface area contributed by atoms with Crippen molar-refractivity contribution in [3.05, 3.63) is 29.8 Å². The van der Waals surface area contributed by atoms with Crippen LogP contribution in [-0.4, -0.2) is 19.1 Å². The smallest absolute Gasteiger partial charge is 0.387 e. The molecule has 1 atom stereocenters. The Hall–Kier alpha value is -1.69. The van der Waals surface area contributed by atoms with Crippen molar-refractivity contribution in [2.24, 2.45) is 5.73 Å². The molecular weight excluding hydrogens is 290 g/mol. The Balaban J connectivity index is 2.40. The van der Waals surface area contributed by atoms with Gasteiger partial charge in [0.2, 0.25) is 5.91 Å². The summed E-state index contributed by atoms with van der Waals surface area (Å²) in [5.74, 6) is 0.0517. The Labute approximate surface area is 130 Å². The molecule has 6 heteroatoms. The molecule has 22 heavy (non-hydrogen) atoms. The first-order chi connectivity index (χ1) is 10.5. The van der Waals surface area contributed by atoms with Gasteiger partial charge in [-0.2, -0.15) is 8.78 Å². The van der Waals surface area contributed by atoms with Gasteiger partial charge in [-0.3, -0.25) is 4.79 Å². The standard InChI is InChI=1S/C16H24F2N2O2/c1-12(20-15(21)9-4-2-3-5-10-19)13-7-6-8-14(11-13)22-16(17)18/h6-8,11-12,16H,2-5,9-10,19H2,1H3,(H,20,21). The van der Waals surface area contributed by atoms with E-state index in [0.717, 1.165) is 31.2 Å². The number of carbonyl (C=O) groups is 1. The molecule has 0 aromatic heterocycles. The van der Waals surface area contributed by atoms with Crippen molar-refractivity contribution in [3.8, 4) is 5.75 Å². The number of nitrogens with two attached hydrogens (primary N) is 1. The van der Waals surface area contributed by atoms with E-state index >= 15 is 0 Å². The molecule has 1 rings (SSSR count). The van der Waals surface area contributed by atoms with Crippen LogP contribution in [0.1, 0.15) is 50.6 Å². The normalized spacial score (nSPS) is 12.2. The van der Waals surface area contributed by atoms with Crippen molar-refractivity contribution >= 4 is 5.91 Å². The number of amides is 1.